The monoisotopic (exact) mass is 312 g/mol. The summed E-state index contributed by atoms with van der Waals surface area (Å²) in [5, 5.41) is 4.55. The molecule has 0 N–H and O–H groups in total. The molecule has 3 heterocycles. The largest absolute Gasteiger partial charge is 0.371 e. The van der Waals surface area contributed by atoms with Crippen LogP contribution in [-0.4, -0.2) is 27.9 Å². The average Bonchev–Trinajstić information content (AvgIpc) is 2.42. The maximum Gasteiger partial charge on any atom is 0.266 e. The molecule has 1 fully saturated rings. The molecule has 122 valence electrons. The molecule has 2 aromatic rings. The molecule has 0 saturated carbocycles. The third-order valence-corrected chi connectivity index (χ3v) is 4.27. The summed E-state index contributed by atoms with van der Waals surface area (Å²) < 4.78 is 1.63. The van der Waals surface area contributed by atoms with E-state index in [1.165, 1.54) is 5.69 Å². The fourth-order valence-corrected chi connectivity index (χ4v) is 2.85. The van der Waals surface area contributed by atoms with Gasteiger partial charge in [0.05, 0.1) is 12.2 Å². The zero-order chi connectivity index (χ0) is 16.6. The van der Waals surface area contributed by atoms with Gasteiger partial charge in [-0.1, -0.05) is 20.8 Å². The van der Waals surface area contributed by atoms with Crippen LogP contribution in [0.5, 0.6) is 0 Å². The number of nitrogens with zero attached hydrogens (tertiary/aromatic N) is 4. The fourth-order valence-electron chi connectivity index (χ4n) is 2.85. The second-order valence-electron chi connectivity index (χ2n) is 7.42. The molecule has 0 radical (unpaired) electrons. The lowest BCUT2D eigenvalue weighted by Gasteiger charge is -2.41. The molecule has 0 atom stereocenters. The lowest BCUT2D eigenvalue weighted by Crippen LogP contribution is -2.49. The lowest BCUT2D eigenvalue weighted by molar-refractivity contribution is 0.329. The highest BCUT2D eigenvalue weighted by atomic mass is 16.1. The van der Waals surface area contributed by atoms with E-state index >= 15 is 0 Å². The fraction of sp³-hybridized carbons (Fsp3) is 0.500. The van der Waals surface area contributed by atoms with Crippen molar-refractivity contribution in [3.05, 3.63) is 52.2 Å². The van der Waals surface area contributed by atoms with Crippen LogP contribution in [0.1, 0.15) is 32.2 Å². The summed E-state index contributed by atoms with van der Waals surface area (Å²) in [6.07, 6.45) is 1.84. The highest BCUT2D eigenvalue weighted by Crippen LogP contribution is 2.25. The van der Waals surface area contributed by atoms with E-state index in [2.05, 4.69) is 41.8 Å². The molecule has 1 saturated heterocycles. The third-order valence-electron chi connectivity index (χ3n) is 4.27. The smallest absolute Gasteiger partial charge is 0.266 e. The molecule has 0 unspecified atom stereocenters. The van der Waals surface area contributed by atoms with Gasteiger partial charge < -0.3 is 4.90 Å². The standard InChI is InChI=1S/C18H24N4O/c1-13-9-15(7-8-19-13)21-10-14(11-21)12-22-17(23)6-5-16(20-22)18(2,3)4/h5-9,14H,10-12H2,1-4H3. The summed E-state index contributed by atoms with van der Waals surface area (Å²) >= 11 is 0. The van der Waals surface area contributed by atoms with Crippen LogP contribution in [0, 0.1) is 12.8 Å². The molecule has 2 aromatic heterocycles. The topological polar surface area (TPSA) is 51.0 Å². The molecule has 0 aliphatic carbocycles. The third kappa shape index (κ3) is 3.44. The van der Waals surface area contributed by atoms with Crippen LogP contribution < -0.4 is 10.5 Å². The van der Waals surface area contributed by atoms with Gasteiger partial charge in [0, 0.05) is 48.1 Å². The summed E-state index contributed by atoms with van der Waals surface area (Å²) in [5.74, 6) is 0.462. The van der Waals surface area contributed by atoms with Gasteiger partial charge in [0.15, 0.2) is 0 Å². The van der Waals surface area contributed by atoms with Crippen molar-refractivity contribution >= 4 is 5.69 Å². The minimum atomic E-state index is -0.0460. The van der Waals surface area contributed by atoms with Crippen LogP contribution >= 0.6 is 0 Å². The minimum Gasteiger partial charge on any atom is -0.371 e. The van der Waals surface area contributed by atoms with E-state index in [0.717, 1.165) is 24.5 Å². The molecule has 1 aliphatic heterocycles. The summed E-state index contributed by atoms with van der Waals surface area (Å²) in [7, 11) is 0. The Bertz CT molecular complexity index is 754. The van der Waals surface area contributed by atoms with E-state index in [1.54, 1.807) is 10.7 Å². The van der Waals surface area contributed by atoms with E-state index in [-0.39, 0.29) is 11.0 Å². The van der Waals surface area contributed by atoms with Gasteiger partial charge in [-0.25, -0.2) is 4.68 Å². The van der Waals surface area contributed by atoms with E-state index in [1.807, 2.05) is 25.3 Å². The zero-order valence-corrected chi connectivity index (χ0v) is 14.3. The van der Waals surface area contributed by atoms with Crippen LogP contribution in [0.3, 0.4) is 0 Å². The molecule has 5 nitrogen and oxygen atoms in total. The Hall–Kier alpha value is -2.17. The second-order valence-corrected chi connectivity index (χ2v) is 7.42. The Morgan fingerprint density at radius 3 is 2.61 bits per heavy atom. The van der Waals surface area contributed by atoms with E-state index in [9.17, 15) is 4.79 Å². The summed E-state index contributed by atoms with van der Waals surface area (Å²) in [6.45, 7) is 10.9. The van der Waals surface area contributed by atoms with Gasteiger partial charge in [0.25, 0.3) is 5.56 Å². The average molecular weight is 312 g/mol. The predicted molar refractivity (Wildman–Crippen MR) is 91.9 cm³/mol. The van der Waals surface area contributed by atoms with Crippen LogP contribution in [-0.2, 0) is 12.0 Å². The lowest BCUT2D eigenvalue weighted by atomic mass is 9.92. The normalized spacial score (nSPS) is 15.6. The quantitative estimate of drug-likeness (QED) is 0.873. The minimum absolute atomic E-state index is 0.0174. The highest BCUT2D eigenvalue weighted by molar-refractivity contribution is 5.48. The van der Waals surface area contributed by atoms with Crippen LogP contribution in [0.4, 0.5) is 5.69 Å². The van der Waals surface area contributed by atoms with E-state index in [0.29, 0.717) is 12.5 Å². The Labute approximate surface area is 137 Å². The van der Waals surface area contributed by atoms with Gasteiger partial charge >= 0.3 is 0 Å². The van der Waals surface area contributed by atoms with Crippen LogP contribution in [0.2, 0.25) is 0 Å². The van der Waals surface area contributed by atoms with Crippen LogP contribution in [0.15, 0.2) is 35.3 Å². The van der Waals surface area contributed by atoms with Crippen molar-refractivity contribution in [2.75, 3.05) is 18.0 Å². The van der Waals surface area contributed by atoms with E-state index in [4.69, 9.17) is 0 Å². The van der Waals surface area contributed by atoms with Crippen molar-refractivity contribution in [1.29, 1.82) is 0 Å². The van der Waals surface area contributed by atoms with Crippen molar-refractivity contribution in [1.82, 2.24) is 14.8 Å². The van der Waals surface area contributed by atoms with E-state index < -0.39 is 0 Å². The predicted octanol–water partition coefficient (Wildman–Crippen LogP) is 2.38. The van der Waals surface area contributed by atoms with Crippen LogP contribution in [0.25, 0.3) is 0 Å². The maximum atomic E-state index is 12.0. The highest BCUT2D eigenvalue weighted by Gasteiger charge is 2.28. The molecule has 0 spiro atoms. The Morgan fingerprint density at radius 1 is 1.22 bits per heavy atom. The first kappa shape index (κ1) is 15.7. The molecular formula is C18H24N4O. The molecule has 1 aliphatic rings. The Kier molecular flexibility index (Phi) is 3.96. The first-order chi connectivity index (χ1) is 10.8. The summed E-state index contributed by atoms with van der Waals surface area (Å²) in [5.41, 5.74) is 3.13. The van der Waals surface area contributed by atoms with Crippen molar-refractivity contribution in [2.24, 2.45) is 5.92 Å². The van der Waals surface area contributed by atoms with Crippen molar-refractivity contribution in [3.63, 3.8) is 0 Å². The molecule has 23 heavy (non-hydrogen) atoms. The molecule has 0 amide bonds. The first-order valence-electron chi connectivity index (χ1n) is 8.09. The van der Waals surface area contributed by atoms with Gasteiger partial charge in [0.1, 0.15) is 0 Å². The second kappa shape index (κ2) is 5.80. The summed E-state index contributed by atoms with van der Waals surface area (Å²) in [4.78, 5) is 18.6. The molecular weight excluding hydrogens is 288 g/mol. The number of aryl methyl sites for hydroxylation is 1. The van der Waals surface area contributed by atoms with Gasteiger partial charge in [-0.15, -0.1) is 0 Å². The molecule has 3 rings (SSSR count). The number of rotatable bonds is 3. The number of aromatic nitrogens is 3. The number of hydrogen-bond donors (Lipinski definition) is 0. The summed E-state index contributed by atoms with van der Waals surface area (Å²) in [6, 6.07) is 7.61. The van der Waals surface area contributed by atoms with Gasteiger partial charge in [-0.3, -0.25) is 9.78 Å². The van der Waals surface area contributed by atoms with Gasteiger partial charge in [-0.2, -0.15) is 5.10 Å². The number of hydrogen-bond acceptors (Lipinski definition) is 4. The zero-order valence-electron chi connectivity index (χ0n) is 14.3. The molecule has 5 heteroatoms. The molecule has 0 bridgehead atoms. The van der Waals surface area contributed by atoms with Crippen molar-refractivity contribution in [3.8, 4) is 0 Å². The Morgan fingerprint density at radius 2 is 1.96 bits per heavy atom. The Balaban J connectivity index is 1.67. The van der Waals surface area contributed by atoms with Gasteiger partial charge in [0.2, 0.25) is 0 Å². The first-order valence-corrected chi connectivity index (χ1v) is 8.09. The maximum absolute atomic E-state index is 12.0. The van der Waals surface area contributed by atoms with Gasteiger partial charge in [-0.05, 0) is 25.1 Å². The van der Waals surface area contributed by atoms with Crippen molar-refractivity contribution < 1.29 is 0 Å². The van der Waals surface area contributed by atoms with Crippen molar-refractivity contribution in [2.45, 2.75) is 39.7 Å². The number of pyridine rings is 1. The number of anilines is 1. The molecule has 0 aromatic carbocycles. The SMILES string of the molecule is Cc1cc(N2CC(Cn3nc(C(C)(C)C)ccc3=O)C2)ccn1.